The van der Waals surface area contributed by atoms with Crippen LogP contribution < -0.4 is 0 Å². The monoisotopic (exact) mass is 292 g/mol. The molecule has 0 spiro atoms. The second-order valence-corrected chi connectivity index (χ2v) is 5.44. The number of aliphatic hydroxyl groups is 1. The number of benzene rings is 1. The largest absolute Gasteiger partial charge is 0.507 e. The number of carbonyl (C=O) groups is 1. The number of phenolic OH excluding ortho intramolecular Hbond substituents is 1. The van der Waals surface area contributed by atoms with Crippen molar-refractivity contribution in [1.82, 2.24) is 9.80 Å². The van der Waals surface area contributed by atoms with E-state index in [4.69, 9.17) is 5.11 Å². The average molecular weight is 292 g/mol. The average Bonchev–Trinajstić information content (AvgIpc) is 2.52. The number of nitrogens with zero attached hydrogens (tertiary/aromatic N) is 2. The molecule has 1 aromatic rings. The zero-order chi connectivity index (χ0) is 15.1. The van der Waals surface area contributed by atoms with Gasteiger partial charge >= 0.3 is 0 Å². The van der Waals surface area contributed by atoms with Crippen LogP contribution in [0.15, 0.2) is 24.3 Å². The minimum absolute atomic E-state index is 0.0499. The van der Waals surface area contributed by atoms with Gasteiger partial charge in [-0.1, -0.05) is 12.1 Å². The van der Waals surface area contributed by atoms with Crippen LogP contribution in [0.3, 0.4) is 0 Å². The van der Waals surface area contributed by atoms with E-state index in [1.54, 1.807) is 29.2 Å². The Labute approximate surface area is 125 Å². The van der Waals surface area contributed by atoms with Crippen LogP contribution >= 0.6 is 0 Å². The van der Waals surface area contributed by atoms with Crippen molar-refractivity contribution in [3.63, 3.8) is 0 Å². The van der Waals surface area contributed by atoms with Crippen LogP contribution in [-0.2, 0) is 0 Å². The molecule has 1 saturated heterocycles. The number of phenols is 1. The van der Waals surface area contributed by atoms with Crippen molar-refractivity contribution in [2.45, 2.75) is 19.3 Å². The Morgan fingerprint density at radius 2 is 1.76 bits per heavy atom. The highest BCUT2D eigenvalue weighted by atomic mass is 16.3. The lowest BCUT2D eigenvalue weighted by molar-refractivity contribution is 0.0631. The van der Waals surface area contributed by atoms with E-state index in [1.165, 1.54) is 0 Å². The zero-order valence-electron chi connectivity index (χ0n) is 12.4. The van der Waals surface area contributed by atoms with Crippen molar-refractivity contribution in [2.24, 2.45) is 0 Å². The summed E-state index contributed by atoms with van der Waals surface area (Å²) in [5.74, 6) is -0.0398. The molecule has 2 rings (SSSR count). The van der Waals surface area contributed by atoms with Gasteiger partial charge in [0.25, 0.3) is 5.91 Å². The lowest BCUT2D eigenvalue weighted by Gasteiger charge is -2.34. The van der Waals surface area contributed by atoms with E-state index in [0.29, 0.717) is 18.7 Å². The molecule has 0 saturated carbocycles. The minimum Gasteiger partial charge on any atom is -0.507 e. The van der Waals surface area contributed by atoms with Gasteiger partial charge in [-0.25, -0.2) is 0 Å². The molecular weight excluding hydrogens is 268 g/mol. The summed E-state index contributed by atoms with van der Waals surface area (Å²) >= 11 is 0. The van der Waals surface area contributed by atoms with Crippen LogP contribution in [0.5, 0.6) is 5.75 Å². The molecule has 2 N–H and O–H groups in total. The van der Waals surface area contributed by atoms with E-state index in [0.717, 1.165) is 38.9 Å². The number of hydrogen-bond donors (Lipinski definition) is 2. The summed E-state index contributed by atoms with van der Waals surface area (Å²) in [6.07, 6.45) is 3.01. The molecule has 21 heavy (non-hydrogen) atoms. The maximum absolute atomic E-state index is 12.3. The predicted octanol–water partition coefficient (Wildman–Crippen LogP) is 1.31. The number of aliphatic hydroxyl groups excluding tert-OH is 1. The summed E-state index contributed by atoms with van der Waals surface area (Å²) in [5.41, 5.74) is 0.383. The van der Waals surface area contributed by atoms with Crippen molar-refractivity contribution >= 4 is 5.91 Å². The Morgan fingerprint density at radius 1 is 1.05 bits per heavy atom. The number of unbranched alkanes of at least 4 members (excludes halogenated alkanes) is 2. The molecule has 116 valence electrons. The van der Waals surface area contributed by atoms with Crippen LogP contribution in [-0.4, -0.2) is 65.3 Å². The smallest absolute Gasteiger partial charge is 0.257 e. The Hall–Kier alpha value is -1.59. The molecule has 1 heterocycles. The first-order valence-electron chi connectivity index (χ1n) is 7.63. The highest BCUT2D eigenvalue weighted by molar-refractivity contribution is 5.96. The molecule has 1 aromatic carbocycles. The third kappa shape index (κ3) is 4.44. The van der Waals surface area contributed by atoms with E-state index in [2.05, 4.69) is 4.90 Å². The van der Waals surface area contributed by atoms with Crippen LogP contribution in [0.4, 0.5) is 0 Å². The van der Waals surface area contributed by atoms with Gasteiger partial charge in [0.2, 0.25) is 0 Å². The van der Waals surface area contributed by atoms with E-state index >= 15 is 0 Å². The molecule has 0 unspecified atom stereocenters. The van der Waals surface area contributed by atoms with Gasteiger partial charge in [0.1, 0.15) is 5.75 Å². The van der Waals surface area contributed by atoms with Crippen LogP contribution in [0.25, 0.3) is 0 Å². The molecule has 0 aliphatic carbocycles. The van der Waals surface area contributed by atoms with Crippen molar-refractivity contribution in [3.05, 3.63) is 29.8 Å². The maximum atomic E-state index is 12.3. The molecule has 0 atom stereocenters. The van der Waals surface area contributed by atoms with Crippen LogP contribution in [0.1, 0.15) is 29.6 Å². The molecule has 0 radical (unpaired) electrons. The Bertz CT molecular complexity index is 457. The van der Waals surface area contributed by atoms with Crippen molar-refractivity contribution in [3.8, 4) is 5.75 Å². The van der Waals surface area contributed by atoms with E-state index in [1.807, 2.05) is 0 Å². The fourth-order valence-electron chi connectivity index (χ4n) is 2.62. The zero-order valence-corrected chi connectivity index (χ0v) is 12.4. The molecule has 1 aliphatic rings. The molecule has 1 aliphatic heterocycles. The summed E-state index contributed by atoms with van der Waals surface area (Å²) in [6.45, 7) is 4.44. The SMILES string of the molecule is O=C(c1ccccc1O)N1CCN(CCCCCO)CC1. The summed E-state index contributed by atoms with van der Waals surface area (Å²) < 4.78 is 0. The molecular formula is C16H24N2O3. The van der Waals surface area contributed by atoms with Crippen molar-refractivity contribution in [2.75, 3.05) is 39.3 Å². The number of rotatable bonds is 6. The van der Waals surface area contributed by atoms with Crippen LogP contribution in [0.2, 0.25) is 0 Å². The van der Waals surface area contributed by atoms with Gasteiger partial charge in [0.15, 0.2) is 0 Å². The highest BCUT2D eigenvalue weighted by Gasteiger charge is 2.23. The lowest BCUT2D eigenvalue weighted by Crippen LogP contribution is -2.48. The maximum Gasteiger partial charge on any atom is 0.257 e. The minimum atomic E-state index is -0.0898. The van der Waals surface area contributed by atoms with Gasteiger partial charge in [-0.05, 0) is 37.9 Å². The molecule has 0 bridgehead atoms. The number of amides is 1. The van der Waals surface area contributed by atoms with Crippen molar-refractivity contribution in [1.29, 1.82) is 0 Å². The quantitative estimate of drug-likeness (QED) is 0.776. The molecule has 1 fully saturated rings. The molecule has 5 heteroatoms. The topological polar surface area (TPSA) is 64.0 Å². The summed E-state index contributed by atoms with van der Waals surface area (Å²) in [4.78, 5) is 16.5. The number of hydrogen-bond acceptors (Lipinski definition) is 4. The van der Waals surface area contributed by atoms with Gasteiger partial charge in [0.05, 0.1) is 5.56 Å². The number of para-hydroxylation sites is 1. The number of aromatic hydroxyl groups is 1. The Kier molecular flexibility index (Phi) is 6.02. The molecule has 1 amide bonds. The van der Waals surface area contributed by atoms with Gasteiger partial charge in [-0.2, -0.15) is 0 Å². The van der Waals surface area contributed by atoms with E-state index in [-0.39, 0.29) is 18.3 Å². The fraction of sp³-hybridized carbons (Fsp3) is 0.562. The van der Waals surface area contributed by atoms with Crippen molar-refractivity contribution < 1.29 is 15.0 Å². The first-order chi connectivity index (χ1) is 10.2. The van der Waals surface area contributed by atoms with Crippen LogP contribution in [0, 0.1) is 0 Å². The normalized spacial score (nSPS) is 16.1. The van der Waals surface area contributed by atoms with Gasteiger partial charge in [-0.15, -0.1) is 0 Å². The summed E-state index contributed by atoms with van der Waals surface area (Å²) in [6, 6.07) is 6.70. The van der Waals surface area contributed by atoms with Gasteiger partial charge < -0.3 is 15.1 Å². The first kappa shape index (κ1) is 15.8. The number of piperazine rings is 1. The summed E-state index contributed by atoms with van der Waals surface area (Å²) in [5, 5.41) is 18.5. The third-order valence-corrected chi connectivity index (χ3v) is 3.93. The van der Waals surface area contributed by atoms with E-state index in [9.17, 15) is 9.90 Å². The number of carbonyl (C=O) groups excluding carboxylic acids is 1. The fourth-order valence-corrected chi connectivity index (χ4v) is 2.62. The third-order valence-electron chi connectivity index (χ3n) is 3.93. The standard InChI is InChI=1S/C16H24N2O3/c19-13-5-1-4-8-17-9-11-18(12-10-17)16(21)14-6-2-3-7-15(14)20/h2-3,6-7,19-20H,1,4-5,8-13H2. The molecule has 5 nitrogen and oxygen atoms in total. The first-order valence-corrected chi connectivity index (χ1v) is 7.63. The van der Waals surface area contributed by atoms with E-state index < -0.39 is 0 Å². The molecule has 0 aromatic heterocycles. The Balaban J connectivity index is 1.78. The predicted molar refractivity (Wildman–Crippen MR) is 81.4 cm³/mol. The Morgan fingerprint density at radius 3 is 2.43 bits per heavy atom. The van der Waals surface area contributed by atoms with Gasteiger partial charge in [0, 0.05) is 32.8 Å². The highest BCUT2D eigenvalue weighted by Crippen LogP contribution is 2.18. The van der Waals surface area contributed by atoms with Gasteiger partial charge in [-0.3, -0.25) is 9.69 Å². The lowest BCUT2D eigenvalue weighted by atomic mass is 10.1. The second kappa shape index (κ2) is 8.00. The second-order valence-electron chi connectivity index (χ2n) is 5.44. The summed E-state index contributed by atoms with van der Waals surface area (Å²) in [7, 11) is 0.